The summed E-state index contributed by atoms with van der Waals surface area (Å²) in [7, 11) is -3.82. The monoisotopic (exact) mass is 464 g/mol. The fourth-order valence-electron chi connectivity index (χ4n) is 2.63. The quantitative estimate of drug-likeness (QED) is 0.460. The van der Waals surface area contributed by atoms with Gasteiger partial charge in [-0.2, -0.15) is 5.26 Å². The lowest BCUT2D eigenvalue weighted by atomic mass is 10.2. The SMILES string of the molecule is Cc1ccc(NS(=O)(=O)c2ccc(C(=O)NNC(=O)COc3ccc(C#N)cc3)cc2)cc1. The summed E-state index contributed by atoms with van der Waals surface area (Å²) in [6.07, 6.45) is 0. The summed E-state index contributed by atoms with van der Waals surface area (Å²) < 4.78 is 32.8. The summed E-state index contributed by atoms with van der Waals surface area (Å²) in [5, 5.41) is 8.76. The standard InChI is InChI=1S/C23H20N4O5S/c1-16-2-8-19(9-3-16)27-33(30,31)21-12-6-18(7-13-21)23(29)26-25-22(28)15-32-20-10-4-17(14-24)5-11-20/h2-13,27H,15H2,1H3,(H,25,28)(H,26,29). The number of nitrogens with one attached hydrogen (secondary N) is 3. The molecule has 0 bridgehead atoms. The van der Waals surface area contributed by atoms with Gasteiger partial charge in [0.1, 0.15) is 5.75 Å². The van der Waals surface area contributed by atoms with Gasteiger partial charge in [-0.1, -0.05) is 17.7 Å². The highest BCUT2D eigenvalue weighted by atomic mass is 32.2. The Labute approximate surface area is 191 Å². The van der Waals surface area contributed by atoms with E-state index in [1.165, 1.54) is 24.3 Å². The second kappa shape index (κ2) is 10.3. The van der Waals surface area contributed by atoms with Crippen molar-refractivity contribution in [1.29, 1.82) is 5.26 Å². The van der Waals surface area contributed by atoms with Crippen LogP contribution in [0.5, 0.6) is 5.75 Å². The third-order valence-electron chi connectivity index (χ3n) is 4.40. The Hall–Kier alpha value is -4.36. The van der Waals surface area contributed by atoms with Crippen molar-refractivity contribution in [2.45, 2.75) is 11.8 Å². The number of hydrazine groups is 1. The van der Waals surface area contributed by atoms with E-state index in [4.69, 9.17) is 10.00 Å². The van der Waals surface area contributed by atoms with Gasteiger partial charge < -0.3 is 4.74 Å². The Morgan fingerprint density at radius 1 is 0.909 bits per heavy atom. The van der Waals surface area contributed by atoms with Gasteiger partial charge >= 0.3 is 0 Å². The number of rotatable bonds is 7. The number of nitrogens with zero attached hydrogens (tertiary/aromatic N) is 1. The van der Waals surface area contributed by atoms with E-state index in [1.54, 1.807) is 48.5 Å². The minimum absolute atomic E-state index is 0.0144. The molecular weight excluding hydrogens is 444 g/mol. The van der Waals surface area contributed by atoms with E-state index >= 15 is 0 Å². The molecule has 0 heterocycles. The van der Waals surface area contributed by atoms with Gasteiger partial charge in [0, 0.05) is 11.3 Å². The topological polar surface area (TPSA) is 137 Å². The summed E-state index contributed by atoms with van der Waals surface area (Å²) >= 11 is 0. The number of carbonyl (C=O) groups is 2. The molecule has 3 N–H and O–H groups in total. The van der Waals surface area contributed by atoms with Gasteiger partial charge in [0.25, 0.3) is 21.8 Å². The molecule has 168 valence electrons. The lowest BCUT2D eigenvalue weighted by molar-refractivity contribution is -0.123. The van der Waals surface area contributed by atoms with E-state index in [2.05, 4.69) is 15.6 Å². The molecule has 0 saturated carbocycles. The fraction of sp³-hybridized carbons (Fsp3) is 0.0870. The lowest BCUT2D eigenvalue weighted by Gasteiger charge is -2.10. The highest BCUT2D eigenvalue weighted by molar-refractivity contribution is 7.92. The molecule has 0 radical (unpaired) electrons. The predicted octanol–water partition coefficient (Wildman–Crippen LogP) is 2.51. The minimum Gasteiger partial charge on any atom is -0.484 e. The zero-order valence-electron chi connectivity index (χ0n) is 17.5. The van der Waals surface area contributed by atoms with E-state index in [0.717, 1.165) is 5.56 Å². The number of benzene rings is 3. The van der Waals surface area contributed by atoms with E-state index in [9.17, 15) is 18.0 Å². The van der Waals surface area contributed by atoms with Gasteiger partial charge in [-0.15, -0.1) is 0 Å². The third-order valence-corrected chi connectivity index (χ3v) is 5.80. The number of ether oxygens (including phenoxy) is 1. The largest absolute Gasteiger partial charge is 0.484 e. The maximum atomic E-state index is 12.5. The highest BCUT2D eigenvalue weighted by Gasteiger charge is 2.15. The molecule has 0 spiro atoms. The van der Waals surface area contributed by atoms with Crippen LogP contribution in [-0.4, -0.2) is 26.8 Å². The first kappa shape index (κ1) is 23.3. The molecule has 3 rings (SSSR count). The molecule has 3 aromatic carbocycles. The average Bonchev–Trinajstić information content (AvgIpc) is 2.83. The van der Waals surface area contributed by atoms with Crippen LogP contribution in [0, 0.1) is 18.3 Å². The van der Waals surface area contributed by atoms with Crippen LogP contribution in [-0.2, 0) is 14.8 Å². The van der Waals surface area contributed by atoms with E-state index in [0.29, 0.717) is 17.0 Å². The van der Waals surface area contributed by atoms with Gasteiger partial charge in [-0.25, -0.2) is 8.42 Å². The van der Waals surface area contributed by atoms with Crippen LogP contribution < -0.4 is 20.3 Å². The Morgan fingerprint density at radius 2 is 1.55 bits per heavy atom. The predicted molar refractivity (Wildman–Crippen MR) is 121 cm³/mol. The zero-order valence-corrected chi connectivity index (χ0v) is 18.3. The van der Waals surface area contributed by atoms with Crippen molar-refractivity contribution < 1.29 is 22.7 Å². The second-order valence-corrected chi connectivity index (χ2v) is 8.61. The van der Waals surface area contributed by atoms with Crippen LogP contribution in [0.15, 0.2) is 77.7 Å². The molecule has 0 unspecified atom stereocenters. The number of hydrogen-bond donors (Lipinski definition) is 3. The molecule has 9 nitrogen and oxygen atoms in total. The molecule has 10 heteroatoms. The highest BCUT2D eigenvalue weighted by Crippen LogP contribution is 2.17. The minimum atomic E-state index is -3.82. The number of anilines is 1. The second-order valence-electron chi connectivity index (χ2n) is 6.92. The summed E-state index contributed by atoms with van der Waals surface area (Å²) in [5.41, 5.74) is 6.48. The number of hydrogen-bond acceptors (Lipinski definition) is 6. The molecule has 0 aromatic heterocycles. The van der Waals surface area contributed by atoms with Gasteiger partial charge in [-0.05, 0) is 67.6 Å². The summed E-state index contributed by atoms with van der Waals surface area (Å²) in [4.78, 5) is 24.1. The molecule has 0 aliphatic rings. The molecule has 0 atom stereocenters. The van der Waals surface area contributed by atoms with E-state index in [1.807, 2.05) is 13.0 Å². The van der Waals surface area contributed by atoms with Gasteiger partial charge in [-0.3, -0.25) is 25.2 Å². The Morgan fingerprint density at radius 3 is 2.15 bits per heavy atom. The molecule has 33 heavy (non-hydrogen) atoms. The maximum absolute atomic E-state index is 12.5. The van der Waals surface area contributed by atoms with Crippen molar-refractivity contribution in [2.24, 2.45) is 0 Å². The average molecular weight is 465 g/mol. The summed E-state index contributed by atoms with van der Waals surface area (Å²) in [6, 6.07) is 20.3. The molecular formula is C23H20N4O5S. The Kier molecular flexibility index (Phi) is 7.27. The summed E-state index contributed by atoms with van der Waals surface area (Å²) in [6.45, 7) is 1.54. The van der Waals surface area contributed by atoms with Crippen molar-refractivity contribution in [3.63, 3.8) is 0 Å². The number of sulfonamides is 1. The first-order valence-corrected chi connectivity index (χ1v) is 11.2. The van der Waals surface area contributed by atoms with Crippen LogP contribution in [0.25, 0.3) is 0 Å². The first-order valence-electron chi connectivity index (χ1n) is 9.68. The van der Waals surface area contributed by atoms with Crippen LogP contribution in [0.4, 0.5) is 5.69 Å². The molecule has 0 aliphatic carbocycles. The maximum Gasteiger partial charge on any atom is 0.276 e. The number of aryl methyl sites for hydroxylation is 1. The number of amides is 2. The van der Waals surface area contributed by atoms with Crippen molar-refractivity contribution in [3.05, 3.63) is 89.5 Å². The van der Waals surface area contributed by atoms with Crippen LogP contribution in [0.1, 0.15) is 21.5 Å². The van der Waals surface area contributed by atoms with Crippen molar-refractivity contribution in [3.8, 4) is 11.8 Å². The van der Waals surface area contributed by atoms with Crippen molar-refractivity contribution >= 4 is 27.5 Å². The number of nitriles is 1. The summed E-state index contributed by atoms with van der Waals surface area (Å²) in [5.74, 6) is -0.835. The Bertz CT molecular complexity index is 1280. The van der Waals surface area contributed by atoms with Crippen LogP contribution in [0.2, 0.25) is 0 Å². The fourth-order valence-corrected chi connectivity index (χ4v) is 3.69. The number of carbonyl (C=O) groups excluding carboxylic acids is 2. The molecule has 3 aromatic rings. The van der Waals surface area contributed by atoms with E-state index < -0.39 is 21.8 Å². The molecule has 0 aliphatic heterocycles. The van der Waals surface area contributed by atoms with Gasteiger partial charge in [0.05, 0.1) is 16.5 Å². The molecule has 0 saturated heterocycles. The molecule has 0 fully saturated rings. The normalized spacial score (nSPS) is 10.5. The third kappa shape index (κ3) is 6.56. The van der Waals surface area contributed by atoms with Crippen molar-refractivity contribution in [1.82, 2.24) is 10.9 Å². The van der Waals surface area contributed by atoms with Crippen LogP contribution in [0.3, 0.4) is 0 Å². The van der Waals surface area contributed by atoms with Crippen molar-refractivity contribution in [2.75, 3.05) is 11.3 Å². The van der Waals surface area contributed by atoms with Gasteiger partial charge in [0.2, 0.25) is 0 Å². The molecule has 2 amide bonds. The van der Waals surface area contributed by atoms with E-state index in [-0.39, 0.29) is 17.1 Å². The van der Waals surface area contributed by atoms with Crippen LogP contribution >= 0.6 is 0 Å². The lowest BCUT2D eigenvalue weighted by Crippen LogP contribution is -2.43. The zero-order chi connectivity index (χ0) is 23.8. The van der Waals surface area contributed by atoms with Gasteiger partial charge in [0.15, 0.2) is 6.61 Å². The first-order chi connectivity index (χ1) is 15.8. The smallest absolute Gasteiger partial charge is 0.276 e. The Balaban J connectivity index is 1.51.